The molecule has 8 nitrogen and oxygen atoms in total. The van der Waals surface area contributed by atoms with Gasteiger partial charge in [0, 0.05) is 31.7 Å². The van der Waals surface area contributed by atoms with Gasteiger partial charge in [-0.25, -0.2) is 9.18 Å². The van der Waals surface area contributed by atoms with Crippen LogP contribution < -0.4 is 4.90 Å². The predicted molar refractivity (Wildman–Crippen MR) is 101 cm³/mol. The predicted octanol–water partition coefficient (Wildman–Crippen LogP) is 2.14. The van der Waals surface area contributed by atoms with Crippen LogP contribution in [0.4, 0.5) is 10.1 Å². The summed E-state index contributed by atoms with van der Waals surface area (Å²) in [5.41, 5.74) is 1.35. The molecule has 0 N–H and O–H groups in total. The molecule has 29 heavy (non-hydrogen) atoms. The van der Waals surface area contributed by atoms with Crippen LogP contribution in [-0.4, -0.2) is 60.5 Å². The second kappa shape index (κ2) is 8.42. The van der Waals surface area contributed by atoms with Crippen LogP contribution in [0.1, 0.15) is 39.1 Å². The van der Waals surface area contributed by atoms with Crippen LogP contribution in [-0.2, 0) is 9.53 Å². The summed E-state index contributed by atoms with van der Waals surface area (Å²) >= 11 is 0. The molecule has 1 aliphatic heterocycles. The highest BCUT2D eigenvalue weighted by atomic mass is 19.1. The number of ketones is 1. The van der Waals surface area contributed by atoms with Crippen molar-refractivity contribution in [3.05, 3.63) is 46.6 Å². The standard InChI is InChI=1S/C20H22FN3O5/c1-12-19(14(3)29-22-12)20(27)28-11-18(26)24-8-6-23(7-9-24)17-5-4-15(13(2)25)10-16(17)21/h4-5,10H,6-9,11H2,1-3H3. The van der Waals surface area contributed by atoms with E-state index in [4.69, 9.17) is 9.26 Å². The zero-order chi connectivity index (χ0) is 21.1. The number of carbonyl (C=O) groups excluding carboxylic acids is 3. The number of benzene rings is 1. The smallest absolute Gasteiger partial charge is 0.344 e. The molecule has 0 saturated carbocycles. The van der Waals surface area contributed by atoms with Crippen molar-refractivity contribution in [2.45, 2.75) is 20.8 Å². The molecule has 2 aromatic rings. The molecule has 1 aromatic carbocycles. The van der Waals surface area contributed by atoms with Gasteiger partial charge in [-0.1, -0.05) is 5.16 Å². The molecule has 1 amide bonds. The van der Waals surface area contributed by atoms with Crippen LogP contribution in [0.5, 0.6) is 0 Å². The third-order valence-corrected chi connectivity index (χ3v) is 4.89. The van der Waals surface area contributed by atoms with E-state index < -0.39 is 11.8 Å². The van der Waals surface area contributed by atoms with Crippen LogP contribution in [0, 0.1) is 19.7 Å². The third kappa shape index (κ3) is 4.44. The zero-order valence-corrected chi connectivity index (χ0v) is 16.5. The fourth-order valence-electron chi connectivity index (χ4n) is 3.24. The van der Waals surface area contributed by atoms with Gasteiger partial charge in [-0.05, 0) is 39.0 Å². The van der Waals surface area contributed by atoms with Gasteiger partial charge < -0.3 is 19.1 Å². The summed E-state index contributed by atoms with van der Waals surface area (Å²) in [5.74, 6) is -1.30. The Labute approximate surface area is 167 Å². The van der Waals surface area contributed by atoms with Gasteiger partial charge in [0.1, 0.15) is 17.1 Å². The molecule has 9 heteroatoms. The van der Waals surface area contributed by atoms with E-state index in [9.17, 15) is 18.8 Å². The summed E-state index contributed by atoms with van der Waals surface area (Å²) in [7, 11) is 0. The number of piperazine rings is 1. The number of hydrogen-bond acceptors (Lipinski definition) is 7. The van der Waals surface area contributed by atoms with E-state index in [1.54, 1.807) is 30.9 Å². The van der Waals surface area contributed by atoms with Crippen molar-refractivity contribution < 1.29 is 28.0 Å². The normalized spacial score (nSPS) is 14.1. The van der Waals surface area contributed by atoms with Crippen LogP contribution in [0.25, 0.3) is 0 Å². The van der Waals surface area contributed by atoms with Crippen molar-refractivity contribution in [3.8, 4) is 0 Å². The first kappa shape index (κ1) is 20.5. The fourth-order valence-corrected chi connectivity index (χ4v) is 3.24. The summed E-state index contributed by atoms with van der Waals surface area (Å²) in [6.45, 7) is 5.82. The minimum Gasteiger partial charge on any atom is -0.452 e. The summed E-state index contributed by atoms with van der Waals surface area (Å²) < 4.78 is 24.3. The Morgan fingerprint density at radius 3 is 2.41 bits per heavy atom. The molecule has 0 bridgehead atoms. The van der Waals surface area contributed by atoms with E-state index in [1.807, 2.05) is 4.90 Å². The van der Waals surface area contributed by atoms with Gasteiger partial charge in [-0.15, -0.1) is 0 Å². The minimum atomic E-state index is -0.652. The maximum Gasteiger partial charge on any atom is 0.344 e. The Morgan fingerprint density at radius 2 is 1.86 bits per heavy atom. The van der Waals surface area contributed by atoms with Crippen LogP contribution >= 0.6 is 0 Å². The summed E-state index contributed by atoms with van der Waals surface area (Å²) in [5, 5.41) is 3.69. The van der Waals surface area contributed by atoms with E-state index in [2.05, 4.69) is 5.16 Å². The number of rotatable bonds is 5. The number of esters is 1. The fraction of sp³-hybridized carbons (Fsp3) is 0.400. The number of ether oxygens (including phenoxy) is 1. The molecule has 2 heterocycles. The monoisotopic (exact) mass is 403 g/mol. The van der Waals surface area contributed by atoms with Gasteiger partial charge in [0.15, 0.2) is 12.4 Å². The molecule has 1 aromatic heterocycles. The molecule has 0 atom stereocenters. The van der Waals surface area contributed by atoms with Gasteiger partial charge in [-0.3, -0.25) is 9.59 Å². The number of carbonyl (C=O) groups is 3. The number of hydrogen-bond donors (Lipinski definition) is 0. The van der Waals surface area contributed by atoms with Crippen molar-refractivity contribution in [3.63, 3.8) is 0 Å². The number of aryl methyl sites for hydroxylation is 2. The van der Waals surface area contributed by atoms with Gasteiger partial charge in [-0.2, -0.15) is 0 Å². The third-order valence-electron chi connectivity index (χ3n) is 4.89. The first-order valence-electron chi connectivity index (χ1n) is 9.21. The number of amides is 1. The average Bonchev–Trinajstić information content (AvgIpc) is 3.04. The van der Waals surface area contributed by atoms with Crippen molar-refractivity contribution in [2.24, 2.45) is 0 Å². The van der Waals surface area contributed by atoms with E-state index in [0.717, 1.165) is 0 Å². The summed E-state index contributed by atoms with van der Waals surface area (Å²) in [4.78, 5) is 39.2. The van der Waals surface area contributed by atoms with E-state index in [0.29, 0.717) is 48.9 Å². The van der Waals surface area contributed by atoms with E-state index >= 15 is 0 Å². The number of Topliss-reactive ketones (excluding diaryl/α,β-unsaturated/α-hetero) is 1. The summed E-state index contributed by atoms with van der Waals surface area (Å²) in [6, 6.07) is 4.39. The second-order valence-corrected chi connectivity index (χ2v) is 6.87. The lowest BCUT2D eigenvalue weighted by Gasteiger charge is -2.36. The van der Waals surface area contributed by atoms with Crippen molar-refractivity contribution in [1.29, 1.82) is 0 Å². The van der Waals surface area contributed by atoms with Gasteiger partial charge in [0.05, 0.1) is 11.4 Å². The molecule has 0 radical (unpaired) electrons. The Hall–Kier alpha value is -3.23. The van der Waals surface area contributed by atoms with Crippen LogP contribution in [0.3, 0.4) is 0 Å². The molecule has 0 aliphatic carbocycles. The zero-order valence-electron chi connectivity index (χ0n) is 16.5. The molecule has 3 rings (SSSR count). The highest BCUT2D eigenvalue weighted by molar-refractivity contribution is 5.94. The van der Waals surface area contributed by atoms with E-state index in [-0.39, 0.29) is 23.9 Å². The van der Waals surface area contributed by atoms with E-state index in [1.165, 1.54) is 13.0 Å². The first-order chi connectivity index (χ1) is 13.8. The maximum absolute atomic E-state index is 14.3. The molecule has 0 spiro atoms. The average molecular weight is 403 g/mol. The largest absolute Gasteiger partial charge is 0.452 e. The molecule has 1 saturated heterocycles. The van der Waals surface area contributed by atoms with Crippen LogP contribution in [0.15, 0.2) is 22.7 Å². The van der Waals surface area contributed by atoms with Gasteiger partial charge >= 0.3 is 5.97 Å². The highest BCUT2D eigenvalue weighted by Crippen LogP contribution is 2.22. The SMILES string of the molecule is CC(=O)c1ccc(N2CCN(C(=O)COC(=O)c3c(C)noc3C)CC2)c(F)c1. The van der Waals surface area contributed by atoms with Crippen molar-refractivity contribution in [1.82, 2.24) is 10.1 Å². The Bertz CT molecular complexity index is 928. The maximum atomic E-state index is 14.3. The van der Waals surface area contributed by atoms with Gasteiger partial charge in [0.2, 0.25) is 0 Å². The first-order valence-corrected chi connectivity index (χ1v) is 9.21. The lowest BCUT2D eigenvalue weighted by Crippen LogP contribution is -2.50. The molecular weight excluding hydrogens is 381 g/mol. The van der Waals surface area contributed by atoms with Crippen molar-refractivity contribution in [2.75, 3.05) is 37.7 Å². The Morgan fingerprint density at radius 1 is 1.17 bits per heavy atom. The number of nitrogens with zero attached hydrogens (tertiary/aromatic N) is 3. The molecule has 1 aliphatic rings. The number of anilines is 1. The van der Waals surface area contributed by atoms with Gasteiger partial charge in [0.25, 0.3) is 5.91 Å². The lowest BCUT2D eigenvalue weighted by atomic mass is 10.1. The molecule has 154 valence electrons. The highest BCUT2D eigenvalue weighted by Gasteiger charge is 2.25. The quantitative estimate of drug-likeness (QED) is 0.558. The molecule has 1 fully saturated rings. The van der Waals surface area contributed by atoms with Crippen LogP contribution in [0.2, 0.25) is 0 Å². The Kier molecular flexibility index (Phi) is 5.95. The molecular formula is C20H22FN3O5. The second-order valence-electron chi connectivity index (χ2n) is 6.87. The topological polar surface area (TPSA) is 93.0 Å². The minimum absolute atomic E-state index is 0.197. The summed E-state index contributed by atoms with van der Waals surface area (Å²) in [6.07, 6.45) is 0. The number of aromatic nitrogens is 1. The number of halogens is 1. The molecule has 0 unspecified atom stereocenters. The lowest BCUT2D eigenvalue weighted by molar-refractivity contribution is -0.134. The Balaban J connectivity index is 1.53. The van der Waals surface area contributed by atoms with Crippen molar-refractivity contribution >= 4 is 23.3 Å².